The van der Waals surface area contributed by atoms with Crippen LogP contribution in [0.2, 0.25) is 0 Å². The molecule has 0 atom stereocenters. The lowest BCUT2D eigenvalue weighted by atomic mass is 10.1. The van der Waals surface area contributed by atoms with Crippen molar-refractivity contribution in [1.29, 1.82) is 0 Å². The van der Waals surface area contributed by atoms with Crippen LogP contribution < -0.4 is 0 Å². The number of hydrogen-bond donors (Lipinski definition) is 0. The zero-order chi connectivity index (χ0) is 15.4. The number of allylic oxidation sites excluding steroid dienone is 2. The largest absolute Gasteiger partial charge is 0.0860 e. The first-order chi connectivity index (χ1) is 10.5. The molecule has 0 saturated carbocycles. The van der Waals surface area contributed by atoms with Gasteiger partial charge in [-0.1, -0.05) is 67.5 Å². The van der Waals surface area contributed by atoms with Crippen molar-refractivity contribution in [2.45, 2.75) is 13.8 Å². The first-order valence-corrected chi connectivity index (χ1v) is 10.1. The van der Waals surface area contributed by atoms with Crippen LogP contribution in [0.1, 0.15) is 25.0 Å². The Morgan fingerprint density at radius 2 is 1.14 bits per heavy atom. The lowest BCUT2D eigenvalue weighted by Crippen LogP contribution is -1.84. The first kappa shape index (κ1) is 15.1. The summed E-state index contributed by atoms with van der Waals surface area (Å²) < 4.78 is 3.66. The third-order valence-electron chi connectivity index (χ3n) is 3.98. The summed E-state index contributed by atoms with van der Waals surface area (Å²) in [5, 5.41) is 0. The molecule has 0 N–H and O–H groups in total. The van der Waals surface area contributed by atoms with Crippen LogP contribution in [0.25, 0.3) is 16.7 Å². The summed E-state index contributed by atoms with van der Waals surface area (Å²) in [7, 11) is 0. The molecule has 22 heavy (non-hydrogen) atoms. The fourth-order valence-electron chi connectivity index (χ4n) is 2.83. The minimum absolute atomic E-state index is 1.13. The summed E-state index contributed by atoms with van der Waals surface area (Å²) in [5.41, 5.74) is 6.70. The maximum absolute atomic E-state index is 3.63. The molecule has 0 amide bonds. The van der Waals surface area contributed by atoms with E-state index >= 15 is 0 Å². The smallest absolute Gasteiger partial charge is 0.0577 e. The molecule has 0 saturated heterocycles. The van der Waals surface area contributed by atoms with E-state index in [1.807, 2.05) is 23.5 Å². The Bertz CT molecular complexity index is 809. The van der Waals surface area contributed by atoms with Crippen LogP contribution in [0.4, 0.5) is 0 Å². The zero-order valence-electron chi connectivity index (χ0n) is 12.0. The molecule has 0 radical (unpaired) electrons. The molecule has 1 aliphatic carbocycles. The normalized spacial score (nSPS) is 16.4. The molecule has 1 aliphatic heterocycles. The first-order valence-electron chi connectivity index (χ1n) is 6.92. The second kappa shape index (κ2) is 5.59. The maximum atomic E-state index is 3.63. The van der Waals surface area contributed by atoms with Gasteiger partial charge in [0.05, 0.1) is 4.24 Å². The number of halogens is 2. The number of fused-ring (bicyclic) bond motifs is 3. The van der Waals surface area contributed by atoms with E-state index in [9.17, 15) is 0 Å². The molecule has 2 aromatic carbocycles. The average Bonchev–Trinajstić information content (AvgIpc) is 2.95. The van der Waals surface area contributed by atoms with Gasteiger partial charge in [0.15, 0.2) is 0 Å². The topological polar surface area (TPSA) is 0 Å². The Hall–Kier alpha value is -0.420. The Kier molecular flexibility index (Phi) is 3.84. The van der Waals surface area contributed by atoms with Gasteiger partial charge in [-0.2, -0.15) is 0 Å². The minimum Gasteiger partial charge on any atom is -0.0860 e. The highest BCUT2D eigenvalue weighted by atomic mass is 79.9. The summed E-state index contributed by atoms with van der Waals surface area (Å²) in [6.07, 6.45) is 0. The van der Waals surface area contributed by atoms with Crippen LogP contribution in [0.3, 0.4) is 0 Å². The predicted molar refractivity (Wildman–Crippen MR) is 107 cm³/mol. The highest BCUT2D eigenvalue weighted by molar-refractivity contribution is 9.10. The molecule has 0 bridgehead atoms. The highest BCUT2D eigenvalue weighted by Crippen LogP contribution is 2.57. The average molecular weight is 452 g/mol. The van der Waals surface area contributed by atoms with Crippen molar-refractivity contribution in [3.8, 4) is 11.1 Å². The summed E-state index contributed by atoms with van der Waals surface area (Å²) in [6.45, 7) is 4.41. The van der Waals surface area contributed by atoms with E-state index in [4.69, 9.17) is 0 Å². The van der Waals surface area contributed by atoms with Gasteiger partial charge in [0.25, 0.3) is 0 Å². The van der Waals surface area contributed by atoms with E-state index in [2.05, 4.69) is 82.1 Å². The molecule has 1 heterocycles. The number of hydrogen-bond acceptors (Lipinski definition) is 2. The van der Waals surface area contributed by atoms with Gasteiger partial charge in [0.1, 0.15) is 0 Å². The van der Waals surface area contributed by atoms with Crippen LogP contribution in [-0.2, 0) is 0 Å². The molecule has 0 spiro atoms. The molecular formula is C18H12Br2S2. The van der Waals surface area contributed by atoms with Gasteiger partial charge < -0.3 is 0 Å². The number of benzene rings is 2. The summed E-state index contributed by atoms with van der Waals surface area (Å²) in [6, 6.07) is 13.2. The van der Waals surface area contributed by atoms with Crippen molar-refractivity contribution in [3.63, 3.8) is 0 Å². The molecule has 4 heteroatoms. The molecular weight excluding hydrogens is 440 g/mol. The van der Waals surface area contributed by atoms with Crippen LogP contribution >= 0.6 is 55.4 Å². The van der Waals surface area contributed by atoms with Gasteiger partial charge in [0, 0.05) is 14.5 Å². The number of thioether (sulfide) groups is 2. The van der Waals surface area contributed by atoms with Gasteiger partial charge in [0.2, 0.25) is 0 Å². The lowest BCUT2D eigenvalue weighted by Gasteiger charge is -2.08. The second-order valence-electron chi connectivity index (χ2n) is 5.36. The quantitative estimate of drug-likeness (QED) is 0.344. The molecule has 110 valence electrons. The van der Waals surface area contributed by atoms with E-state index in [-0.39, 0.29) is 0 Å². The monoisotopic (exact) mass is 450 g/mol. The minimum atomic E-state index is 1.13. The third kappa shape index (κ3) is 2.35. The van der Waals surface area contributed by atoms with E-state index in [0.717, 1.165) is 8.95 Å². The summed E-state index contributed by atoms with van der Waals surface area (Å²) in [5.74, 6) is 0. The number of rotatable bonds is 0. The summed E-state index contributed by atoms with van der Waals surface area (Å²) >= 11 is 11.1. The van der Waals surface area contributed by atoms with Crippen molar-refractivity contribution >= 4 is 61.0 Å². The van der Waals surface area contributed by atoms with Crippen molar-refractivity contribution in [1.82, 2.24) is 0 Å². The van der Waals surface area contributed by atoms with Crippen LogP contribution in [0.15, 0.2) is 59.4 Å². The Balaban J connectivity index is 2.02. The SMILES string of the molecule is CC1=C(C)SC(=C2c3cc(Br)ccc3-c3ccc(Br)cc32)S1. The zero-order valence-corrected chi connectivity index (χ0v) is 16.8. The molecule has 0 fully saturated rings. The molecule has 4 rings (SSSR count). The Morgan fingerprint density at radius 1 is 0.682 bits per heavy atom. The van der Waals surface area contributed by atoms with Crippen molar-refractivity contribution in [3.05, 3.63) is 70.5 Å². The van der Waals surface area contributed by atoms with Gasteiger partial charge in [-0.25, -0.2) is 0 Å². The Morgan fingerprint density at radius 3 is 1.59 bits per heavy atom. The van der Waals surface area contributed by atoms with Gasteiger partial charge in [-0.15, -0.1) is 0 Å². The van der Waals surface area contributed by atoms with Gasteiger partial charge in [-0.05, 0) is 70.2 Å². The van der Waals surface area contributed by atoms with Gasteiger partial charge >= 0.3 is 0 Å². The fraction of sp³-hybridized carbons (Fsp3) is 0.111. The van der Waals surface area contributed by atoms with Crippen molar-refractivity contribution < 1.29 is 0 Å². The maximum Gasteiger partial charge on any atom is 0.0577 e. The van der Waals surface area contributed by atoms with E-state index in [1.54, 1.807) is 0 Å². The third-order valence-corrected chi connectivity index (χ3v) is 7.60. The lowest BCUT2D eigenvalue weighted by molar-refractivity contribution is 1.57. The second-order valence-corrected chi connectivity index (χ2v) is 9.90. The van der Waals surface area contributed by atoms with Crippen molar-refractivity contribution in [2.75, 3.05) is 0 Å². The highest BCUT2D eigenvalue weighted by Gasteiger charge is 2.29. The van der Waals surface area contributed by atoms with Crippen LogP contribution in [0.5, 0.6) is 0 Å². The van der Waals surface area contributed by atoms with E-state index in [0.29, 0.717) is 0 Å². The van der Waals surface area contributed by atoms with E-state index < -0.39 is 0 Å². The Labute approximate surface area is 155 Å². The van der Waals surface area contributed by atoms with Gasteiger partial charge in [-0.3, -0.25) is 0 Å². The van der Waals surface area contributed by atoms with E-state index in [1.165, 1.54) is 41.9 Å². The predicted octanol–water partition coefficient (Wildman–Crippen LogP) is 7.64. The van der Waals surface area contributed by atoms with Crippen molar-refractivity contribution in [2.24, 2.45) is 0 Å². The fourth-order valence-corrected chi connectivity index (χ4v) is 6.20. The molecule has 0 aromatic heterocycles. The van der Waals surface area contributed by atoms with Crippen LogP contribution in [0, 0.1) is 0 Å². The molecule has 2 aliphatic rings. The molecule has 0 unspecified atom stereocenters. The standard InChI is InChI=1S/C18H12Br2S2/c1-9-10(2)22-18(21-9)17-15-7-11(19)3-5-13(15)14-6-4-12(20)8-16(14)17/h3-8H,1-2H3. The van der Waals surface area contributed by atoms with Crippen LogP contribution in [-0.4, -0.2) is 0 Å². The molecule has 2 aromatic rings. The summed E-state index contributed by atoms with van der Waals surface area (Å²) in [4.78, 5) is 2.82. The molecule has 0 nitrogen and oxygen atoms in total.